The molecule has 1 saturated carbocycles. The minimum Gasteiger partial charge on any atom is -0.321 e. The van der Waals surface area contributed by atoms with Crippen LogP contribution in [0.15, 0.2) is 42.9 Å². The maximum atomic E-state index is 12.4. The average molecular weight is 421 g/mol. The van der Waals surface area contributed by atoms with Gasteiger partial charge < -0.3 is 5.32 Å². The number of halogens is 1. The lowest BCUT2D eigenvalue weighted by Gasteiger charge is -2.09. The number of ketones is 1. The molecule has 1 aromatic carbocycles. The molecule has 0 aliphatic heterocycles. The van der Waals surface area contributed by atoms with Crippen molar-refractivity contribution in [2.75, 3.05) is 5.32 Å². The van der Waals surface area contributed by atoms with E-state index in [0.29, 0.717) is 34.7 Å². The number of nitriles is 1. The molecule has 8 heteroatoms. The second-order valence-electron chi connectivity index (χ2n) is 7.39. The topological polar surface area (TPSA) is 96.5 Å². The first-order chi connectivity index (χ1) is 14.6. The Bertz CT molecular complexity index is 1100. The van der Waals surface area contributed by atoms with E-state index in [2.05, 4.69) is 26.5 Å². The van der Waals surface area contributed by atoms with Gasteiger partial charge in [-0.3, -0.25) is 9.48 Å². The Hall–Kier alpha value is -3.24. The van der Waals surface area contributed by atoms with Crippen molar-refractivity contribution in [1.82, 2.24) is 19.7 Å². The maximum absolute atomic E-state index is 12.4. The largest absolute Gasteiger partial charge is 0.321 e. The van der Waals surface area contributed by atoms with E-state index in [1.54, 1.807) is 24.5 Å². The van der Waals surface area contributed by atoms with Crippen LogP contribution < -0.4 is 5.32 Å². The molecule has 0 radical (unpaired) electrons. The third kappa shape index (κ3) is 4.50. The molecule has 2 aromatic heterocycles. The van der Waals surface area contributed by atoms with Gasteiger partial charge >= 0.3 is 0 Å². The Morgan fingerprint density at radius 1 is 1.33 bits per heavy atom. The van der Waals surface area contributed by atoms with Crippen molar-refractivity contribution in [1.29, 1.82) is 5.26 Å². The number of rotatable bonds is 8. The highest BCUT2D eigenvalue weighted by molar-refractivity contribution is 6.32. The Morgan fingerprint density at radius 3 is 2.77 bits per heavy atom. The number of hydrogen-bond donors (Lipinski definition) is 1. The Kier molecular flexibility index (Phi) is 5.77. The predicted molar refractivity (Wildman–Crippen MR) is 115 cm³/mol. The molecule has 7 nitrogen and oxygen atoms in total. The molecule has 152 valence electrons. The van der Waals surface area contributed by atoms with Gasteiger partial charge in [-0.15, -0.1) is 0 Å². The van der Waals surface area contributed by atoms with Crippen LogP contribution in [0, 0.1) is 17.2 Å². The molecule has 1 aliphatic rings. The van der Waals surface area contributed by atoms with Crippen LogP contribution in [-0.2, 0) is 0 Å². The lowest BCUT2D eigenvalue weighted by atomic mass is 9.96. The summed E-state index contributed by atoms with van der Waals surface area (Å²) in [6.07, 6.45) is 8.46. The van der Waals surface area contributed by atoms with E-state index in [4.69, 9.17) is 16.9 Å². The van der Waals surface area contributed by atoms with Crippen LogP contribution in [0.2, 0.25) is 5.02 Å². The molecule has 2 heterocycles. The van der Waals surface area contributed by atoms with Crippen molar-refractivity contribution in [3.63, 3.8) is 0 Å². The summed E-state index contributed by atoms with van der Waals surface area (Å²) in [4.78, 5) is 21.2. The highest BCUT2D eigenvalue weighted by Crippen LogP contribution is 2.35. The minimum atomic E-state index is -0.258. The van der Waals surface area contributed by atoms with E-state index in [1.807, 2.05) is 29.9 Å². The lowest BCUT2D eigenvalue weighted by molar-refractivity contribution is 0.0969. The van der Waals surface area contributed by atoms with Crippen molar-refractivity contribution in [2.45, 2.75) is 38.6 Å². The van der Waals surface area contributed by atoms with Gasteiger partial charge in [0.2, 0.25) is 5.95 Å². The number of benzene rings is 1. The van der Waals surface area contributed by atoms with Crippen molar-refractivity contribution in [3.05, 3.63) is 53.4 Å². The van der Waals surface area contributed by atoms with Crippen LogP contribution in [0.5, 0.6) is 0 Å². The van der Waals surface area contributed by atoms with E-state index in [1.165, 1.54) is 0 Å². The SMILES string of the molecule is CC[C@@H](C#N)CC(=O)c1ccc(-c2nc(Nc3cnn(C4CC4)c3)ncc2Cl)cc1. The zero-order valence-corrected chi connectivity index (χ0v) is 17.3. The summed E-state index contributed by atoms with van der Waals surface area (Å²) in [6, 6.07) is 9.77. The average Bonchev–Trinajstić information content (AvgIpc) is 3.52. The quantitative estimate of drug-likeness (QED) is 0.503. The van der Waals surface area contributed by atoms with E-state index < -0.39 is 0 Å². The van der Waals surface area contributed by atoms with E-state index in [-0.39, 0.29) is 18.1 Å². The van der Waals surface area contributed by atoms with E-state index in [9.17, 15) is 4.79 Å². The van der Waals surface area contributed by atoms with Crippen molar-refractivity contribution in [2.24, 2.45) is 5.92 Å². The molecule has 0 unspecified atom stereocenters. The van der Waals surface area contributed by atoms with Gasteiger partial charge in [0, 0.05) is 23.7 Å². The summed E-state index contributed by atoms with van der Waals surface area (Å²) in [5.41, 5.74) is 2.75. The lowest BCUT2D eigenvalue weighted by Crippen LogP contribution is -2.06. The number of hydrogen-bond acceptors (Lipinski definition) is 6. The van der Waals surface area contributed by atoms with E-state index >= 15 is 0 Å². The Morgan fingerprint density at radius 2 is 2.10 bits per heavy atom. The van der Waals surface area contributed by atoms with Gasteiger partial charge in [-0.05, 0) is 19.3 Å². The number of carbonyl (C=O) groups excluding carboxylic acids is 1. The summed E-state index contributed by atoms with van der Waals surface area (Å²) >= 11 is 6.32. The zero-order valence-electron chi connectivity index (χ0n) is 16.5. The Balaban J connectivity index is 1.50. The van der Waals surface area contributed by atoms with Crippen LogP contribution in [0.4, 0.5) is 11.6 Å². The fourth-order valence-electron chi connectivity index (χ4n) is 3.14. The van der Waals surface area contributed by atoms with Crippen LogP contribution in [0.3, 0.4) is 0 Å². The summed E-state index contributed by atoms with van der Waals surface area (Å²) in [6.45, 7) is 1.91. The standard InChI is InChI=1S/C22H21ClN6O/c1-2-14(10-24)9-20(30)15-3-5-16(6-4-15)21-19(23)12-25-22(28-21)27-17-11-26-29(13-17)18-7-8-18/h3-6,11-14,18H,2,7-9H2,1H3,(H,25,27,28)/t14-/m1/s1. The number of nitrogens with one attached hydrogen (secondary N) is 1. The van der Waals surface area contributed by atoms with Gasteiger partial charge in [0.05, 0.1) is 46.8 Å². The fourth-order valence-corrected chi connectivity index (χ4v) is 3.34. The Labute approximate surface area is 179 Å². The van der Waals surface area contributed by atoms with Crippen molar-refractivity contribution >= 4 is 29.0 Å². The monoisotopic (exact) mass is 420 g/mol. The van der Waals surface area contributed by atoms with Crippen LogP contribution in [0.25, 0.3) is 11.3 Å². The number of anilines is 2. The molecular formula is C22H21ClN6O. The number of nitrogens with zero attached hydrogens (tertiary/aromatic N) is 5. The highest BCUT2D eigenvalue weighted by Gasteiger charge is 2.24. The first-order valence-corrected chi connectivity index (χ1v) is 10.3. The van der Waals surface area contributed by atoms with Gasteiger partial charge in [0.1, 0.15) is 0 Å². The molecule has 30 heavy (non-hydrogen) atoms. The smallest absolute Gasteiger partial charge is 0.227 e. The van der Waals surface area contributed by atoms with E-state index in [0.717, 1.165) is 24.1 Å². The van der Waals surface area contributed by atoms with Gasteiger partial charge in [-0.2, -0.15) is 10.4 Å². The molecule has 0 saturated heterocycles. The minimum absolute atomic E-state index is 0.0428. The second kappa shape index (κ2) is 8.64. The first-order valence-electron chi connectivity index (χ1n) is 9.94. The third-order valence-corrected chi connectivity index (χ3v) is 5.39. The zero-order chi connectivity index (χ0) is 21.1. The molecule has 0 bridgehead atoms. The number of aromatic nitrogens is 4. The number of carbonyl (C=O) groups is 1. The van der Waals surface area contributed by atoms with Gasteiger partial charge in [-0.25, -0.2) is 9.97 Å². The molecule has 4 rings (SSSR count). The fraction of sp³-hybridized carbons (Fsp3) is 0.318. The molecule has 1 fully saturated rings. The second-order valence-corrected chi connectivity index (χ2v) is 7.80. The van der Waals surface area contributed by atoms with Crippen LogP contribution in [-0.4, -0.2) is 25.5 Å². The maximum Gasteiger partial charge on any atom is 0.227 e. The highest BCUT2D eigenvalue weighted by atomic mass is 35.5. The predicted octanol–water partition coefficient (Wildman–Crippen LogP) is 5.19. The van der Waals surface area contributed by atoms with Gasteiger partial charge in [-0.1, -0.05) is 42.8 Å². The molecule has 1 aliphatic carbocycles. The van der Waals surface area contributed by atoms with Gasteiger partial charge in [0.15, 0.2) is 5.78 Å². The first kappa shape index (κ1) is 20.0. The summed E-state index contributed by atoms with van der Waals surface area (Å²) < 4.78 is 1.95. The number of Topliss-reactive ketones (excluding diaryl/α,β-unsaturated/α-hetero) is 1. The molecule has 3 aromatic rings. The summed E-state index contributed by atoms with van der Waals surface area (Å²) in [5, 5.41) is 17.0. The summed E-state index contributed by atoms with van der Waals surface area (Å²) in [5.74, 6) is 0.120. The third-order valence-electron chi connectivity index (χ3n) is 5.11. The molecule has 1 atom stereocenters. The summed E-state index contributed by atoms with van der Waals surface area (Å²) in [7, 11) is 0. The molecule has 0 amide bonds. The van der Waals surface area contributed by atoms with Crippen LogP contribution in [0.1, 0.15) is 49.0 Å². The normalized spacial score (nSPS) is 14.2. The molecule has 1 N–H and O–H groups in total. The van der Waals surface area contributed by atoms with Crippen LogP contribution >= 0.6 is 11.6 Å². The molecule has 0 spiro atoms. The van der Waals surface area contributed by atoms with Crippen molar-refractivity contribution < 1.29 is 4.79 Å². The van der Waals surface area contributed by atoms with Gasteiger partial charge in [0.25, 0.3) is 0 Å². The molecular weight excluding hydrogens is 400 g/mol. The van der Waals surface area contributed by atoms with Crippen molar-refractivity contribution in [3.8, 4) is 17.3 Å².